The van der Waals surface area contributed by atoms with E-state index in [4.69, 9.17) is 10.2 Å². The Labute approximate surface area is 84.3 Å². The normalized spacial score (nSPS) is 10.4. The number of anilines is 2. The molecular weight excluding hydrogens is 202 g/mol. The summed E-state index contributed by atoms with van der Waals surface area (Å²) in [7, 11) is 0. The van der Waals surface area contributed by atoms with Crippen LogP contribution in [-0.4, -0.2) is 14.3 Å². The number of hydrogen-bond donors (Lipinski definition) is 2. The second-order valence-corrected chi connectivity index (χ2v) is 3.41. The summed E-state index contributed by atoms with van der Waals surface area (Å²) in [5, 5.41) is 3.70. The van der Waals surface area contributed by atoms with Gasteiger partial charge in [0, 0.05) is 18.5 Å². The van der Waals surface area contributed by atoms with E-state index in [1.165, 1.54) is 11.5 Å². The average molecular weight is 211 g/mol. The van der Waals surface area contributed by atoms with Crippen molar-refractivity contribution in [1.29, 1.82) is 0 Å². The molecule has 0 aliphatic carbocycles. The molecule has 0 aromatic carbocycles. The van der Waals surface area contributed by atoms with E-state index < -0.39 is 0 Å². The lowest BCUT2D eigenvalue weighted by Gasteiger charge is -1.96. The number of nitrogens with zero attached hydrogens (tertiary/aromatic N) is 3. The van der Waals surface area contributed by atoms with Crippen molar-refractivity contribution in [3.8, 4) is 0 Å². The van der Waals surface area contributed by atoms with Crippen LogP contribution in [0.1, 0.15) is 11.7 Å². The molecule has 7 heteroatoms. The summed E-state index contributed by atoms with van der Waals surface area (Å²) in [6, 6.07) is 0. The molecule has 0 unspecified atom stereocenters. The molecule has 2 rings (SSSR count). The summed E-state index contributed by atoms with van der Waals surface area (Å²) in [4.78, 5) is 7.91. The van der Waals surface area contributed by atoms with Crippen molar-refractivity contribution < 1.29 is 4.42 Å². The third-order valence-electron chi connectivity index (χ3n) is 1.52. The standard InChI is InChI=1S/C7H9N5OS/c1-4-9-2-5(13-4)3-10-7-11-6(8)12-14-7/h2H,3H2,1H3,(H3,8,10,11,12). The fraction of sp³-hybridized carbons (Fsp3) is 0.286. The second kappa shape index (κ2) is 3.62. The number of aromatic nitrogens is 3. The molecular formula is C7H9N5OS. The summed E-state index contributed by atoms with van der Waals surface area (Å²) < 4.78 is 9.10. The van der Waals surface area contributed by atoms with Gasteiger partial charge in [-0.3, -0.25) is 0 Å². The molecule has 0 radical (unpaired) electrons. The highest BCUT2D eigenvalue weighted by molar-refractivity contribution is 7.09. The molecule has 74 valence electrons. The minimum Gasteiger partial charge on any atom is -0.444 e. The molecule has 0 aliphatic heterocycles. The first-order chi connectivity index (χ1) is 6.74. The van der Waals surface area contributed by atoms with Gasteiger partial charge in [-0.25, -0.2) is 4.98 Å². The molecule has 0 atom stereocenters. The first-order valence-electron chi connectivity index (χ1n) is 3.98. The third-order valence-corrected chi connectivity index (χ3v) is 2.21. The Kier molecular flexibility index (Phi) is 2.32. The summed E-state index contributed by atoms with van der Waals surface area (Å²) >= 11 is 1.22. The minimum atomic E-state index is 0.284. The maximum Gasteiger partial charge on any atom is 0.233 e. The lowest BCUT2D eigenvalue weighted by atomic mass is 10.5. The maximum atomic E-state index is 5.36. The van der Waals surface area contributed by atoms with E-state index in [9.17, 15) is 0 Å². The van der Waals surface area contributed by atoms with Crippen molar-refractivity contribution in [3.63, 3.8) is 0 Å². The Hall–Kier alpha value is -1.63. The molecule has 2 aromatic rings. The minimum absolute atomic E-state index is 0.284. The van der Waals surface area contributed by atoms with Crippen molar-refractivity contribution >= 4 is 22.6 Å². The molecule has 3 N–H and O–H groups in total. The third kappa shape index (κ3) is 1.99. The zero-order valence-corrected chi connectivity index (χ0v) is 8.34. The van der Waals surface area contributed by atoms with Gasteiger partial charge < -0.3 is 15.5 Å². The quantitative estimate of drug-likeness (QED) is 0.788. The molecule has 0 saturated heterocycles. The lowest BCUT2D eigenvalue weighted by Crippen LogP contribution is -1.97. The van der Waals surface area contributed by atoms with Crippen molar-refractivity contribution in [1.82, 2.24) is 14.3 Å². The Morgan fingerprint density at radius 3 is 3.07 bits per heavy atom. The van der Waals surface area contributed by atoms with Crippen LogP contribution in [0, 0.1) is 6.92 Å². The summed E-state index contributed by atoms with van der Waals surface area (Å²) in [6.07, 6.45) is 1.67. The molecule has 0 spiro atoms. The number of nitrogens with one attached hydrogen (secondary N) is 1. The van der Waals surface area contributed by atoms with E-state index in [0.29, 0.717) is 17.6 Å². The van der Waals surface area contributed by atoms with Crippen LogP contribution in [0.3, 0.4) is 0 Å². The molecule has 0 fully saturated rings. The van der Waals surface area contributed by atoms with Gasteiger partial charge in [0.2, 0.25) is 11.1 Å². The van der Waals surface area contributed by atoms with Crippen LogP contribution in [0.2, 0.25) is 0 Å². The van der Waals surface area contributed by atoms with E-state index >= 15 is 0 Å². The highest BCUT2D eigenvalue weighted by Crippen LogP contribution is 2.13. The van der Waals surface area contributed by atoms with Crippen LogP contribution in [0.25, 0.3) is 0 Å². The van der Waals surface area contributed by atoms with Crippen LogP contribution in [-0.2, 0) is 6.54 Å². The number of aryl methyl sites for hydroxylation is 1. The molecule has 0 aliphatic rings. The largest absolute Gasteiger partial charge is 0.444 e. The van der Waals surface area contributed by atoms with Crippen LogP contribution in [0.4, 0.5) is 11.1 Å². The van der Waals surface area contributed by atoms with E-state index in [2.05, 4.69) is 19.7 Å². The van der Waals surface area contributed by atoms with E-state index in [1.54, 1.807) is 13.1 Å². The molecule has 6 nitrogen and oxygen atoms in total. The highest BCUT2D eigenvalue weighted by Gasteiger charge is 2.02. The smallest absolute Gasteiger partial charge is 0.233 e. The zero-order chi connectivity index (χ0) is 9.97. The van der Waals surface area contributed by atoms with E-state index in [-0.39, 0.29) is 5.95 Å². The van der Waals surface area contributed by atoms with Crippen LogP contribution in [0.5, 0.6) is 0 Å². The van der Waals surface area contributed by atoms with E-state index in [0.717, 1.165) is 5.76 Å². The van der Waals surface area contributed by atoms with E-state index in [1.807, 2.05) is 0 Å². The lowest BCUT2D eigenvalue weighted by molar-refractivity contribution is 0.481. The van der Waals surface area contributed by atoms with Crippen molar-refractivity contribution in [2.24, 2.45) is 0 Å². The maximum absolute atomic E-state index is 5.36. The SMILES string of the molecule is Cc1ncc(CNc2nc(N)ns2)o1. The average Bonchev–Trinajstić information content (AvgIpc) is 2.72. The van der Waals surface area contributed by atoms with Crippen LogP contribution >= 0.6 is 11.5 Å². The Morgan fingerprint density at radius 1 is 1.64 bits per heavy atom. The zero-order valence-electron chi connectivity index (χ0n) is 7.52. The predicted molar refractivity (Wildman–Crippen MR) is 52.9 cm³/mol. The van der Waals surface area contributed by atoms with Gasteiger partial charge in [0.15, 0.2) is 5.89 Å². The number of rotatable bonds is 3. The van der Waals surface area contributed by atoms with Gasteiger partial charge in [-0.2, -0.15) is 9.36 Å². The number of hydrogen-bond acceptors (Lipinski definition) is 7. The summed E-state index contributed by atoms with van der Waals surface area (Å²) in [5.74, 6) is 1.70. The number of oxazole rings is 1. The second-order valence-electron chi connectivity index (χ2n) is 2.66. The molecule has 0 bridgehead atoms. The van der Waals surface area contributed by atoms with Crippen molar-refractivity contribution in [2.45, 2.75) is 13.5 Å². The van der Waals surface area contributed by atoms with Gasteiger partial charge in [-0.15, -0.1) is 0 Å². The van der Waals surface area contributed by atoms with Gasteiger partial charge in [0.05, 0.1) is 12.7 Å². The predicted octanol–water partition coefficient (Wildman–Crippen LogP) is 1.03. The first kappa shape index (κ1) is 8.95. The summed E-state index contributed by atoms with van der Waals surface area (Å²) in [5.41, 5.74) is 5.36. The molecule has 0 amide bonds. The first-order valence-corrected chi connectivity index (χ1v) is 4.76. The van der Waals surface area contributed by atoms with Gasteiger partial charge in [0.1, 0.15) is 5.76 Å². The molecule has 0 saturated carbocycles. The van der Waals surface area contributed by atoms with Gasteiger partial charge in [0.25, 0.3) is 0 Å². The molecule has 2 heterocycles. The topological polar surface area (TPSA) is 89.9 Å². The fourth-order valence-corrected chi connectivity index (χ4v) is 1.45. The Morgan fingerprint density at radius 2 is 2.50 bits per heavy atom. The Balaban J connectivity index is 1.94. The van der Waals surface area contributed by atoms with Gasteiger partial charge >= 0.3 is 0 Å². The molecule has 14 heavy (non-hydrogen) atoms. The monoisotopic (exact) mass is 211 g/mol. The Bertz CT molecular complexity index is 383. The van der Waals surface area contributed by atoms with Crippen LogP contribution < -0.4 is 11.1 Å². The fourth-order valence-electron chi connectivity index (χ4n) is 0.956. The van der Waals surface area contributed by atoms with Crippen LogP contribution in [0.15, 0.2) is 10.6 Å². The number of nitrogen functional groups attached to an aromatic ring is 1. The number of nitrogens with two attached hydrogens (primary N) is 1. The van der Waals surface area contributed by atoms with Crippen molar-refractivity contribution in [3.05, 3.63) is 17.8 Å². The highest BCUT2D eigenvalue weighted by atomic mass is 32.1. The van der Waals surface area contributed by atoms with Crippen molar-refractivity contribution in [2.75, 3.05) is 11.1 Å². The van der Waals surface area contributed by atoms with Gasteiger partial charge in [-0.05, 0) is 0 Å². The summed E-state index contributed by atoms with van der Waals surface area (Å²) in [6.45, 7) is 2.34. The molecule has 2 aromatic heterocycles. The van der Waals surface area contributed by atoms with Gasteiger partial charge in [-0.1, -0.05) is 0 Å².